The van der Waals surface area contributed by atoms with Gasteiger partial charge in [-0.25, -0.2) is 18.4 Å². The molecule has 8 heteroatoms. The Bertz CT molecular complexity index is 735. The van der Waals surface area contributed by atoms with Crippen molar-refractivity contribution >= 4 is 21.4 Å². The van der Waals surface area contributed by atoms with Crippen molar-refractivity contribution < 1.29 is 8.42 Å². The van der Waals surface area contributed by atoms with Crippen LogP contribution in [-0.2, 0) is 17.1 Å². The molecular formula is C13H18N4O2S2. The van der Waals surface area contributed by atoms with Crippen molar-refractivity contribution in [3.63, 3.8) is 0 Å². The zero-order valence-corrected chi connectivity index (χ0v) is 13.7. The normalized spacial score (nSPS) is 20.8. The van der Waals surface area contributed by atoms with Gasteiger partial charge in [0, 0.05) is 43.3 Å². The molecule has 0 amide bonds. The Hall–Kier alpha value is -1.25. The van der Waals surface area contributed by atoms with Crippen LogP contribution in [0.15, 0.2) is 23.7 Å². The summed E-state index contributed by atoms with van der Waals surface area (Å²) < 4.78 is 28.4. The second kappa shape index (κ2) is 5.51. The van der Waals surface area contributed by atoms with Gasteiger partial charge in [0.15, 0.2) is 5.03 Å². The average molecular weight is 326 g/mol. The second-order valence-corrected chi connectivity index (χ2v) is 8.54. The first kappa shape index (κ1) is 14.7. The highest BCUT2D eigenvalue weighted by atomic mass is 32.2. The van der Waals surface area contributed by atoms with Gasteiger partial charge in [-0.3, -0.25) is 0 Å². The van der Waals surface area contributed by atoms with Crippen molar-refractivity contribution in [2.75, 3.05) is 13.1 Å². The van der Waals surface area contributed by atoms with E-state index in [1.54, 1.807) is 33.5 Å². The van der Waals surface area contributed by atoms with Gasteiger partial charge < -0.3 is 4.57 Å². The predicted molar refractivity (Wildman–Crippen MR) is 80.8 cm³/mol. The fourth-order valence-electron chi connectivity index (χ4n) is 2.58. The lowest BCUT2D eigenvalue weighted by molar-refractivity contribution is 0.314. The molecule has 0 spiro atoms. The highest BCUT2D eigenvalue weighted by Gasteiger charge is 2.33. The SMILES string of the molecule is Cc1cnc(C2CCCN(S(=O)(=O)c3cn(C)cn3)C2)s1. The lowest BCUT2D eigenvalue weighted by Gasteiger charge is -2.30. The first-order valence-electron chi connectivity index (χ1n) is 6.87. The molecule has 0 aliphatic carbocycles. The van der Waals surface area contributed by atoms with Gasteiger partial charge in [0.05, 0.1) is 11.3 Å². The molecule has 0 saturated carbocycles. The van der Waals surface area contributed by atoms with Crippen LogP contribution in [0.1, 0.15) is 28.6 Å². The minimum Gasteiger partial charge on any atom is -0.339 e. The first-order chi connectivity index (χ1) is 9.96. The van der Waals surface area contributed by atoms with E-state index in [0.29, 0.717) is 13.1 Å². The van der Waals surface area contributed by atoms with Gasteiger partial charge in [0.25, 0.3) is 10.0 Å². The summed E-state index contributed by atoms with van der Waals surface area (Å²) in [5.74, 6) is 0.191. The largest absolute Gasteiger partial charge is 0.339 e. The minimum atomic E-state index is -3.50. The van der Waals surface area contributed by atoms with Crippen molar-refractivity contribution in [2.24, 2.45) is 7.05 Å². The smallest absolute Gasteiger partial charge is 0.262 e. The number of aryl methyl sites for hydroxylation is 2. The van der Waals surface area contributed by atoms with Crippen molar-refractivity contribution in [2.45, 2.75) is 30.7 Å². The third-order valence-electron chi connectivity index (χ3n) is 3.66. The third kappa shape index (κ3) is 2.88. The molecule has 1 aliphatic heterocycles. The number of rotatable bonds is 3. The van der Waals surface area contributed by atoms with E-state index >= 15 is 0 Å². The van der Waals surface area contributed by atoms with Gasteiger partial charge in [0.1, 0.15) is 0 Å². The number of thiazole rings is 1. The number of nitrogens with zero attached hydrogens (tertiary/aromatic N) is 4. The Morgan fingerprint density at radius 1 is 1.38 bits per heavy atom. The molecule has 21 heavy (non-hydrogen) atoms. The number of imidazole rings is 1. The van der Waals surface area contributed by atoms with Crippen LogP contribution in [0.4, 0.5) is 0 Å². The number of sulfonamides is 1. The van der Waals surface area contributed by atoms with Crippen LogP contribution in [0.5, 0.6) is 0 Å². The summed E-state index contributed by atoms with van der Waals surface area (Å²) in [6, 6.07) is 0. The van der Waals surface area contributed by atoms with E-state index in [1.807, 2.05) is 13.1 Å². The van der Waals surface area contributed by atoms with Crippen LogP contribution < -0.4 is 0 Å². The summed E-state index contributed by atoms with van der Waals surface area (Å²) in [5.41, 5.74) is 0. The van der Waals surface area contributed by atoms with E-state index < -0.39 is 10.0 Å². The van der Waals surface area contributed by atoms with Crippen LogP contribution in [0.2, 0.25) is 0 Å². The number of hydrogen-bond donors (Lipinski definition) is 0. The Balaban J connectivity index is 1.83. The van der Waals surface area contributed by atoms with Crippen LogP contribution in [0.25, 0.3) is 0 Å². The lowest BCUT2D eigenvalue weighted by atomic mass is 10.0. The van der Waals surface area contributed by atoms with E-state index in [2.05, 4.69) is 9.97 Å². The fraction of sp³-hybridized carbons (Fsp3) is 0.538. The fourth-order valence-corrected chi connectivity index (χ4v) is 4.97. The van der Waals surface area contributed by atoms with Crippen LogP contribution in [-0.4, -0.2) is 40.3 Å². The summed E-state index contributed by atoms with van der Waals surface area (Å²) in [7, 11) is -1.73. The molecule has 6 nitrogen and oxygen atoms in total. The van der Waals surface area contributed by atoms with E-state index in [4.69, 9.17) is 0 Å². The zero-order valence-electron chi connectivity index (χ0n) is 12.1. The quantitative estimate of drug-likeness (QED) is 0.862. The molecule has 0 aromatic carbocycles. The Morgan fingerprint density at radius 3 is 2.81 bits per heavy atom. The molecule has 3 rings (SSSR count). The van der Waals surface area contributed by atoms with E-state index in [9.17, 15) is 8.42 Å². The summed E-state index contributed by atoms with van der Waals surface area (Å²) in [6.45, 7) is 3.07. The molecule has 2 aromatic heterocycles. The molecule has 3 heterocycles. The molecule has 1 fully saturated rings. The number of piperidine rings is 1. The Labute approximate surface area is 128 Å². The highest BCUT2D eigenvalue weighted by Crippen LogP contribution is 2.31. The molecular weight excluding hydrogens is 308 g/mol. The molecule has 114 valence electrons. The van der Waals surface area contributed by atoms with Crippen LogP contribution in [0.3, 0.4) is 0 Å². The van der Waals surface area contributed by atoms with E-state index in [0.717, 1.165) is 22.7 Å². The topological polar surface area (TPSA) is 68.1 Å². The third-order valence-corrected chi connectivity index (χ3v) is 6.48. The Kier molecular flexibility index (Phi) is 3.85. The van der Waals surface area contributed by atoms with Crippen LogP contribution in [0, 0.1) is 6.92 Å². The molecule has 0 radical (unpaired) electrons. The molecule has 2 aromatic rings. The summed E-state index contributed by atoms with van der Waals surface area (Å²) in [6.07, 6.45) is 6.76. The van der Waals surface area contributed by atoms with Crippen LogP contribution >= 0.6 is 11.3 Å². The van der Waals surface area contributed by atoms with Gasteiger partial charge in [-0.2, -0.15) is 4.31 Å². The molecule has 0 N–H and O–H groups in total. The van der Waals surface area contributed by atoms with Crippen molar-refractivity contribution in [3.05, 3.63) is 28.6 Å². The first-order valence-corrected chi connectivity index (χ1v) is 9.13. The molecule has 1 aliphatic rings. The van der Waals surface area contributed by atoms with Gasteiger partial charge >= 0.3 is 0 Å². The summed E-state index contributed by atoms with van der Waals surface area (Å²) in [4.78, 5) is 9.56. The van der Waals surface area contributed by atoms with E-state index in [1.165, 1.54) is 6.33 Å². The maximum atomic E-state index is 12.6. The highest BCUT2D eigenvalue weighted by molar-refractivity contribution is 7.89. The van der Waals surface area contributed by atoms with Gasteiger partial charge in [-0.1, -0.05) is 0 Å². The summed E-state index contributed by atoms with van der Waals surface area (Å²) >= 11 is 1.65. The van der Waals surface area contributed by atoms with Crippen molar-refractivity contribution in [1.29, 1.82) is 0 Å². The summed E-state index contributed by atoms with van der Waals surface area (Å²) in [5, 5.41) is 1.16. The monoisotopic (exact) mass is 326 g/mol. The van der Waals surface area contributed by atoms with Crippen molar-refractivity contribution in [1.82, 2.24) is 18.8 Å². The second-order valence-electron chi connectivity index (χ2n) is 5.39. The lowest BCUT2D eigenvalue weighted by Crippen LogP contribution is -2.39. The minimum absolute atomic E-state index is 0.126. The maximum absolute atomic E-state index is 12.6. The van der Waals surface area contributed by atoms with Gasteiger partial charge in [-0.15, -0.1) is 11.3 Å². The number of hydrogen-bond acceptors (Lipinski definition) is 5. The molecule has 1 atom stereocenters. The predicted octanol–water partition coefficient (Wildman–Crippen LogP) is 1.75. The molecule has 1 unspecified atom stereocenters. The van der Waals surface area contributed by atoms with Crippen molar-refractivity contribution in [3.8, 4) is 0 Å². The molecule has 1 saturated heterocycles. The molecule has 0 bridgehead atoms. The van der Waals surface area contributed by atoms with Gasteiger partial charge in [0.2, 0.25) is 0 Å². The Morgan fingerprint density at radius 2 is 2.19 bits per heavy atom. The van der Waals surface area contributed by atoms with Gasteiger partial charge in [-0.05, 0) is 19.8 Å². The standard InChI is InChI=1S/C13H18N4O2S2/c1-10-6-14-13(20-10)11-4-3-5-17(7-11)21(18,19)12-8-16(2)9-15-12/h6,8-9,11H,3-5,7H2,1-2H3. The van der Waals surface area contributed by atoms with E-state index in [-0.39, 0.29) is 10.9 Å². The maximum Gasteiger partial charge on any atom is 0.262 e. The average Bonchev–Trinajstić information content (AvgIpc) is 3.08. The number of aromatic nitrogens is 3. The zero-order chi connectivity index (χ0) is 15.0.